The molecule has 0 amide bonds. The van der Waals surface area contributed by atoms with E-state index in [-0.39, 0.29) is 6.04 Å². The van der Waals surface area contributed by atoms with E-state index in [0.29, 0.717) is 5.56 Å². The minimum absolute atomic E-state index is 0.0133. The van der Waals surface area contributed by atoms with Crippen molar-refractivity contribution in [3.05, 3.63) is 35.4 Å². The van der Waals surface area contributed by atoms with Gasteiger partial charge in [-0.15, -0.1) is 0 Å². The minimum Gasteiger partial charge on any atom is -0.315 e. The molecule has 1 aromatic rings. The number of hydrogen-bond acceptors (Lipinski definition) is 2. The van der Waals surface area contributed by atoms with Gasteiger partial charge in [-0.3, -0.25) is 0 Å². The lowest BCUT2D eigenvalue weighted by Crippen LogP contribution is -2.24. The first-order valence-electron chi connectivity index (χ1n) is 5.16. The Hall–Kier alpha value is -1.00. The number of halogens is 2. The number of nitrogens with one attached hydrogen (secondary N) is 2. The second-order valence-corrected chi connectivity index (χ2v) is 3.71. The van der Waals surface area contributed by atoms with Gasteiger partial charge in [0.2, 0.25) is 0 Å². The molecule has 1 aliphatic rings. The van der Waals surface area contributed by atoms with Crippen molar-refractivity contribution in [2.75, 3.05) is 19.6 Å². The SMILES string of the molecule is Fc1ccc([C@H]2CCNCCN2)c(F)c1. The van der Waals surface area contributed by atoms with Crippen LogP contribution in [0.2, 0.25) is 0 Å². The molecule has 1 fully saturated rings. The summed E-state index contributed by atoms with van der Waals surface area (Å²) in [5.74, 6) is -0.989. The molecule has 1 heterocycles. The van der Waals surface area contributed by atoms with E-state index >= 15 is 0 Å². The van der Waals surface area contributed by atoms with Crippen LogP contribution in [-0.4, -0.2) is 19.6 Å². The van der Waals surface area contributed by atoms with E-state index in [4.69, 9.17) is 0 Å². The number of rotatable bonds is 1. The standard InChI is InChI=1S/C11H14F2N2/c12-8-1-2-9(10(13)7-8)11-3-4-14-5-6-15-11/h1-2,7,11,14-15H,3-6H2/t11-/m1/s1. The minimum atomic E-state index is -0.525. The molecule has 0 radical (unpaired) electrons. The van der Waals surface area contributed by atoms with Crippen molar-refractivity contribution in [1.82, 2.24) is 10.6 Å². The van der Waals surface area contributed by atoms with Gasteiger partial charge >= 0.3 is 0 Å². The highest BCUT2D eigenvalue weighted by atomic mass is 19.1. The highest BCUT2D eigenvalue weighted by Crippen LogP contribution is 2.21. The van der Waals surface area contributed by atoms with E-state index in [2.05, 4.69) is 10.6 Å². The second kappa shape index (κ2) is 4.68. The maximum Gasteiger partial charge on any atom is 0.130 e. The van der Waals surface area contributed by atoms with Crippen molar-refractivity contribution in [3.8, 4) is 0 Å². The molecule has 0 aliphatic carbocycles. The summed E-state index contributed by atoms with van der Waals surface area (Å²) in [6.07, 6.45) is 0.822. The first kappa shape index (κ1) is 10.5. The van der Waals surface area contributed by atoms with Gasteiger partial charge in [-0.2, -0.15) is 0 Å². The molecule has 82 valence electrons. The normalized spacial score (nSPS) is 22.4. The lowest BCUT2D eigenvalue weighted by atomic mass is 10.0. The van der Waals surface area contributed by atoms with E-state index in [1.165, 1.54) is 12.1 Å². The highest BCUT2D eigenvalue weighted by Gasteiger charge is 2.17. The van der Waals surface area contributed by atoms with Crippen LogP contribution in [0, 0.1) is 11.6 Å². The van der Waals surface area contributed by atoms with Gasteiger partial charge in [0.25, 0.3) is 0 Å². The predicted molar refractivity (Wildman–Crippen MR) is 54.6 cm³/mol. The molecule has 2 N–H and O–H groups in total. The molecule has 15 heavy (non-hydrogen) atoms. The van der Waals surface area contributed by atoms with Crippen LogP contribution in [0.1, 0.15) is 18.0 Å². The lowest BCUT2D eigenvalue weighted by molar-refractivity contribution is 0.501. The average molecular weight is 212 g/mol. The molecule has 0 bridgehead atoms. The monoisotopic (exact) mass is 212 g/mol. The van der Waals surface area contributed by atoms with Crippen LogP contribution in [0.5, 0.6) is 0 Å². The first-order valence-corrected chi connectivity index (χ1v) is 5.16. The van der Waals surface area contributed by atoms with Gasteiger partial charge in [-0.25, -0.2) is 8.78 Å². The molecule has 0 unspecified atom stereocenters. The highest BCUT2D eigenvalue weighted by molar-refractivity contribution is 5.22. The number of hydrogen-bond donors (Lipinski definition) is 2. The third-order valence-electron chi connectivity index (χ3n) is 2.64. The van der Waals surface area contributed by atoms with Gasteiger partial charge in [0, 0.05) is 30.8 Å². The Morgan fingerprint density at radius 2 is 2.00 bits per heavy atom. The van der Waals surface area contributed by atoms with Crippen molar-refractivity contribution < 1.29 is 8.78 Å². The van der Waals surface area contributed by atoms with Gasteiger partial charge in [-0.1, -0.05) is 6.07 Å². The largest absolute Gasteiger partial charge is 0.315 e. The molecule has 1 saturated heterocycles. The Kier molecular flexibility index (Phi) is 3.28. The third kappa shape index (κ3) is 2.52. The molecule has 1 atom stereocenters. The van der Waals surface area contributed by atoms with Crippen LogP contribution < -0.4 is 10.6 Å². The summed E-state index contributed by atoms with van der Waals surface area (Å²) in [5, 5.41) is 6.45. The zero-order valence-electron chi connectivity index (χ0n) is 8.39. The first-order chi connectivity index (χ1) is 7.27. The fourth-order valence-corrected chi connectivity index (χ4v) is 1.86. The van der Waals surface area contributed by atoms with Gasteiger partial charge < -0.3 is 10.6 Å². The van der Waals surface area contributed by atoms with Crippen LogP contribution >= 0.6 is 0 Å². The Balaban J connectivity index is 2.19. The maximum atomic E-state index is 13.5. The van der Waals surface area contributed by atoms with Crippen molar-refractivity contribution in [2.45, 2.75) is 12.5 Å². The van der Waals surface area contributed by atoms with Crippen molar-refractivity contribution in [1.29, 1.82) is 0 Å². The smallest absolute Gasteiger partial charge is 0.130 e. The summed E-state index contributed by atoms with van der Waals surface area (Å²) in [6.45, 7) is 2.55. The topological polar surface area (TPSA) is 24.1 Å². The molecular weight excluding hydrogens is 198 g/mol. The number of benzene rings is 1. The summed E-state index contributed by atoms with van der Waals surface area (Å²) in [7, 11) is 0. The fourth-order valence-electron chi connectivity index (χ4n) is 1.86. The molecule has 1 aromatic carbocycles. The third-order valence-corrected chi connectivity index (χ3v) is 2.64. The summed E-state index contributed by atoms with van der Waals surface area (Å²) in [4.78, 5) is 0. The summed E-state index contributed by atoms with van der Waals surface area (Å²) in [5.41, 5.74) is 0.556. The van der Waals surface area contributed by atoms with E-state index in [9.17, 15) is 8.78 Å². The summed E-state index contributed by atoms with van der Waals surface area (Å²) in [6, 6.07) is 3.75. The molecular formula is C11H14F2N2. The van der Waals surface area contributed by atoms with E-state index in [1.807, 2.05) is 0 Å². The fraction of sp³-hybridized carbons (Fsp3) is 0.455. The van der Waals surface area contributed by atoms with Crippen LogP contribution in [0.3, 0.4) is 0 Å². The van der Waals surface area contributed by atoms with Crippen molar-refractivity contribution >= 4 is 0 Å². The zero-order valence-corrected chi connectivity index (χ0v) is 8.39. The molecule has 2 nitrogen and oxygen atoms in total. The molecule has 2 rings (SSSR count). The Bertz CT molecular complexity index is 333. The molecule has 4 heteroatoms. The van der Waals surface area contributed by atoms with E-state index in [0.717, 1.165) is 32.1 Å². The molecule has 1 aliphatic heterocycles. The Morgan fingerprint density at radius 1 is 1.13 bits per heavy atom. The van der Waals surface area contributed by atoms with Gasteiger partial charge in [0.1, 0.15) is 11.6 Å². The molecule has 0 spiro atoms. The summed E-state index contributed by atoms with van der Waals surface area (Å²) >= 11 is 0. The zero-order chi connectivity index (χ0) is 10.7. The van der Waals surface area contributed by atoms with Crippen LogP contribution in [-0.2, 0) is 0 Å². The lowest BCUT2D eigenvalue weighted by Gasteiger charge is -2.16. The molecule has 0 aromatic heterocycles. The van der Waals surface area contributed by atoms with E-state index < -0.39 is 11.6 Å². The van der Waals surface area contributed by atoms with Crippen molar-refractivity contribution in [3.63, 3.8) is 0 Å². The van der Waals surface area contributed by atoms with Crippen LogP contribution in [0.25, 0.3) is 0 Å². The van der Waals surface area contributed by atoms with E-state index in [1.54, 1.807) is 0 Å². The average Bonchev–Trinajstić information content (AvgIpc) is 2.46. The second-order valence-electron chi connectivity index (χ2n) is 3.71. The Labute approximate surface area is 87.7 Å². The van der Waals surface area contributed by atoms with Crippen LogP contribution in [0.4, 0.5) is 8.78 Å². The predicted octanol–water partition coefficient (Wildman–Crippen LogP) is 1.59. The quantitative estimate of drug-likeness (QED) is 0.738. The van der Waals surface area contributed by atoms with Crippen molar-refractivity contribution in [2.24, 2.45) is 0 Å². The maximum absolute atomic E-state index is 13.5. The van der Waals surface area contributed by atoms with Gasteiger partial charge in [-0.05, 0) is 19.0 Å². The van der Waals surface area contributed by atoms with Crippen LogP contribution in [0.15, 0.2) is 18.2 Å². The van der Waals surface area contributed by atoms with Gasteiger partial charge in [0.05, 0.1) is 0 Å². The molecule has 0 saturated carbocycles. The van der Waals surface area contributed by atoms with Gasteiger partial charge in [0.15, 0.2) is 0 Å². The Morgan fingerprint density at radius 3 is 2.80 bits per heavy atom. The summed E-state index contributed by atoms with van der Waals surface area (Å²) < 4.78 is 26.2.